The first kappa shape index (κ1) is 13.0. The van der Waals surface area contributed by atoms with E-state index >= 15 is 0 Å². The minimum absolute atomic E-state index is 0.00557. The number of amides is 1. The number of hydrogen-bond acceptors (Lipinski definition) is 5. The van der Waals surface area contributed by atoms with Crippen LogP contribution in [0, 0.1) is 5.92 Å². The molecular weight excluding hydrogens is 262 g/mol. The van der Waals surface area contributed by atoms with Gasteiger partial charge in [0.25, 0.3) is 0 Å². The van der Waals surface area contributed by atoms with Crippen molar-refractivity contribution in [1.82, 2.24) is 9.88 Å². The minimum Gasteiger partial charge on any atom is -0.396 e. The van der Waals surface area contributed by atoms with Gasteiger partial charge in [0, 0.05) is 18.0 Å². The van der Waals surface area contributed by atoms with Gasteiger partial charge in [-0.3, -0.25) is 9.69 Å². The van der Waals surface area contributed by atoms with Gasteiger partial charge in [-0.2, -0.15) is 0 Å². The van der Waals surface area contributed by atoms with Crippen LogP contribution >= 0.6 is 11.3 Å². The second-order valence-corrected chi connectivity index (χ2v) is 6.45. The smallest absolute Gasteiger partial charge is 0.240 e. The average molecular weight is 281 g/mol. The first-order valence-electron chi connectivity index (χ1n) is 6.86. The summed E-state index contributed by atoms with van der Waals surface area (Å²) >= 11 is 1.61. The van der Waals surface area contributed by atoms with E-state index in [9.17, 15) is 4.79 Å². The maximum atomic E-state index is 11.9. The number of rotatable bonds is 4. The van der Waals surface area contributed by atoms with Crippen LogP contribution in [0.4, 0.5) is 5.13 Å². The normalized spacial score (nSPS) is 22.7. The van der Waals surface area contributed by atoms with Crippen LogP contribution in [0.25, 0.3) is 0 Å². The molecule has 2 heterocycles. The number of aliphatic hydroxyl groups is 1. The number of carbonyl (C=O) groups is 1. The fraction of sp³-hybridized carbons (Fsp3) is 0.692. The summed E-state index contributed by atoms with van der Waals surface area (Å²) in [5.74, 6) is 0.336. The summed E-state index contributed by atoms with van der Waals surface area (Å²) in [4.78, 5) is 19.8. The molecule has 1 aromatic heterocycles. The average Bonchev–Trinajstić information content (AvgIpc) is 3.03. The summed E-state index contributed by atoms with van der Waals surface area (Å²) < 4.78 is 0. The van der Waals surface area contributed by atoms with Crippen LogP contribution in [0.15, 0.2) is 0 Å². The van der Waals surface area contributed by atoms with Crippen LogP contribution in [0.5, 0.6) is 0 Å². The van der Waals surface area contributed by atoms with Crippen molar-refractivity contribution in [3.8, 4) is 0 Å². The van der Waals surface area contributed by atoms with Gasteiger partial charge in [0.2, 0.25) is 5.91 Å². The van der Waals surface area contributed by atoms with E-state index in [1.807, 2.05) is 0 Å². The summed E-state index contributed by atoms with van der Waals surface area (Å²) in [7, 11) is 0. The van der Waals surface area contributed by atoms with Gasteiger partial charge in [0.05, 0.1) is 12.2 Å². The number of carbonyl (C=O) groups excluding carboxylic acids is 1. The monoisotopic (exact) mass is 281 g/mol. The third-order valence-electron chi connectivity index (χ3n) is 3.84. The molecule has 2 N–H and O–H groups in total. The van der Waals surface area contributed by atoms with Crippen molar-refractivity contribution in [3.05, 3.63) is 10.6 Å². The van der Waals surface area contributed by atoms with E-state index in [-0.39, 0.29) is 12.5 Å². The molecule has 1 aliphatic heterocycles. The summed E-state index contributed by atoms with van der Waals surface area (Å²) in [6.45, 7) is 2.34. The van der Waals surface area contributed by atoms with Gasteiger partial charge < -0.3 is 10.4 Å². The highest BCUT2D eigenvalue weighted by Gasteiger charge is 2.24. The van der Waals surface area contributed by atoms with Gasteiger partial charge in [-0.05, 0) is 38.1 Å². The molecular formula is C13H19N3O2S. The Morgan fingerprint density at radius 2 is 2.42 bits per heavy atom. The minimum atomic E-state index is 0.00557. The van der Waals surface area contributed by atoms with Gasteiger partial charge in [0.1, 0.15) is 0 Å². The zero-order chi connectivity index (χ0) is 13.2. The van der Waals surface area contributed by atoms with Crippen molar-refractivity contribution in [2.24, 2.45) is 5.92 Å². The Labute approximate surface area is 116 Å². The van der Waals surface area contributed by atoms with E-state index in [1.165, 1.54) is 17.0 Å². The predicted octanol–water partition coefficient (Wildman–Crippen LogP) is 0.884. The molecule has 1 unspecified atom stereocenters. The summed E-state index contributed by atoms with van der Waals surface area (Å²) in [6.07, 6.45) is 4.33. The number of thiazole rings is 1. The van der Waals surface area contributed by atoms with E-state index in [1.54, 1.807) is 11.3 Å². The Bertz CT molecular complexity index is 453. The zero-order valence-electron chi connectivity index (χ0n) is 10.9. The topological polar surface area (TPSA) is 65.5 Å². The lowest BCUT2D eigenvalue weighted by molar-refractivity contribution is -0.117. The molecule has 2 aliphatic rings. The number of fused-ring (bicyclic) bond motifs is 1. The van der Waals surface area contributed by atoms with Gasteiger partial charge in [-0.1, -0.05) is 0 Å². The Morgan fingerprint density at radius 1 is 1.53 bits per heavy atom. The van der Waals surface area contributed by atoms with Crippen LogP contribution in [0.3, 0.4) is 0 Å². The van der Waals surface area contributed by atoms with E-state index < -0.39 is 0 Å². The molecule has 1 aliphatic carbocycles. The first-order chi connectivity index (χ1) is 9.24. The summed E-state index contributed by atoms with van der Waals surface area (Å²) in [5, 5.41) is 12.7. The van der Waals surface area contributed by atoms with Gasteiger partial charge in [-0.15, -0.1) is 11.3 Å². The fourth-order valence-corrected chi connectivity index (χ4v) is 3.88. The van der Waals surface area contributed by atoms with Crippen molar-refractivity contribution < 1.29 is 9.90 Å². The van der Waals surface area contributed by atoms with Gasteiger partial charge in [0.15, 0.2) is 5.13 Å². The number of nitrogens with one attached hydrogen (secondary N) is 1. The molecule has 1 fully saturated rings. The second-order valence-electron chi connectivity index (χ2n) is 5.36. The molecule has 1 amide bonds. The van der Waals surface area contributed by atoms with Gasteiger partial charge in [-0.25, -0.2) is 4.98 Å². The number of nitrogens with zero attached hydrogens (tertiary/aromatic N) is 2. The predicted molar refractivity (Wildman–Crippen MR) is 74.4 cm³/mol. The molecule has 5 nitrogen and oxygen atoms in total. The highest BCUT2D eigenvalue weighted by atomic mass is 32.1. The molecule has 0 radical (unpaired) electrons. The Kier molecular flexibility index (Phi) is 3.81. The van der Waals surface area contributed by atoms with Crippen molar-refractivity contribution in [2.75, 3.05) is 31.6 Å². The highest BCUT2D eigenvalue weighted by Crippen LogP contribution is 2.30. The lowest BCUT2D eigenvalue weighted by Crippen LogP contribution is -2.31. The second kappa shape index (κ2) is 5.56. The zero-order valence-corrected chi connectivity index (χ0v) is 11.7. The van der Waals surface area contributed by atoms with Crippen LogP contribution in [-0.4, -0.2) is 47.1 Å². The van der Waals surface area contributed by atoms with E-state index in [0.29, 0.717) is 12.5 Å². The third kappa shape index (κ3) is 2.96. The lowest BCUT2D eigenvalue weighted by Gasteiger charge is -2.14. The summed E-state index contributed by atoms with van der Waals surface area (Å²) in [5.41, 5.74) is 1.17. The maximum Gasteiger partial charge on any atom is 0.240 e. The van der Waals surface area contributed by atoms with Crippen LogP contribution in [0.1, 0.15) is 23.4 Å². The number of aromatic nitrogens is 1. The molecule has 19 heavy (non-hydrogen) atoms. The third-order valence-corrected chi connectivity index (χ3v) is 4.91. The fourth-order valence-electron chi connectivity index (χ4n) is 2.81. The highest BCUT2D eigenvalue weighted by molar-refractivity contribution is 7.15. The molecule has 3 rings (SSSR count). The van der Waals surface area contributed by atoms with Crippen LogP contribution in [0.2, 0.25) is 0 Å². The van der Waals surface area contributed by atoms with Crippen LogP contribution < -0.4 is 5.32 Å². The number of aryl methyl sites for hydroxylation is 2. The quantitative estimate of drug-likeness (QED) is 0.860. The van der Waals surface area contributed by atoms with Crippen molar-refractivity contribution in [3.63, 3.8) is 0 Å². The lowest BCUT2D eigenvalue weighted by atomic mass is 10.1. The van der Waals surface area contributed by atoms with E-state index in [2.05, 4.69) is 15.2 Å². The molecule has 0 bridgehead atoms. The number of likely N-dealkylation sites (tertiary alicyclic amines) is 1. The van der Waals surface area contributed by atoms with Gasteiger partial charge >= 0.3 is 0 Å². The van der Waals surface area contributed by atoms with E-state index in [0.717, 1.165) is 37.5 Å². The molecule has 1 atom stereocenters. The Morgan fingerprint density at radius 3 is 3.16 bits per heavy atom. The molecule has 104 valence electrons. The van der Waals surface area contributed by atoms with E-state index in [4.69, 9.17) is 5.11 Å². The number of anilines is 1. The first-order valence-corrected chi connectivity index (χ1v) is 7.68. The van der Waals surface area contributed by atoms with Crippen molar-refractivity contribution >= 4 is 22.4 Å². The van der Waals surface area contributed by atoms with Crippen molar-refractivity contribution in [1.29, 1.82) is 0 Å². The molecule has 1 saturated heterocycles. The maximum absolute atomic E-state index is 11.9. The van der Waals surface area contributed by atoms with Crippen LogP contribution in [-0.2, 0) is 17.6 Å². The SMILES string of the molecule is O=C(CN1CCC(CO)C1)Nc1nc2c(s1)CCC2. The Hall–Kier alpha value is -0.980. The number of hydrogen-bond donors (Lipinski definition) is 2. The molecule has 0 aromatic carbocycles. The molecule has 6 heteroatoms. The molecule has 0 saturated carbocycles. The summed E-state index contributed by atoms with van der Waals surface area (Å²) in [6, 6.07) is 0. The largest absolute Gasteiger partial charge is 0.396 e. The Balaban J connectivity index is 1.51. The molecule has 0 spiro atoms. The van der Waals surface area contributed by atoms with Crippen molar-refractivity contribution in [2.45, 2.75) is 25.7 Å². The standard InChI is InChI=1S/C13H19N3O2S/c17-8-9-4-5-16(6-9)7-12(18)15-13-14-10-2-1-3-11(10)19-13/h9,17H,1-8H2,(H,14,15,18). The number of aliphatic hydroxyl groups excluding tert-OH is 1. The molecule has 1 aromatic rings.